The molecule has 0 fully saturated rings. The number of carbonyl (C=O) groups is 1. The first-order valence-corrected chi connectivity index (χ1v) is 6.13. The average Bonchev–Trinajstić information content (AvgIpc) is 2.68. The second-order valence-electron chi connectivity index (χ2n) is 4.72. The highest BCUT2D eigenvalue weighted by Gasteiger charge is 2.32. The molecule has 0 spiro atoms. The second kappa shape index (κ2) is 5.22. The van der Waals surface area contributed by atoms with Crippen molar-refractivity contribution in [3.05, 3.63) is 56.8 Å². The van der Waals surface area contributed by atoms with Crippen LogP contribution in [-0.2, 0) is 4.79 Å². The van der Waals surface area contributed by atoms with E-state index in [1.165, 1.54) is 0 Å². The first-order chi connectivity index (χ1) is 9.00. The van der Waals surface area contributed by atoms with Gasteiger partial charge in [0.25, 0.3) is 0 Å². The summed E-state index contributed by atoms with van der Waals surface area (Å²) < 4.78 is 0. The Balaban J connectivity index is 2.46. The molecule has 5 heteroatoms. The van der Waals surface area contributed by atoms with Crippen molar-refractivity contribution in [1.29, 1.82) is 0 Å². The number of benzene rings is 1. The van der Waals surface area contributed by atoms with Crippen LogP contribution >= 0.6 is 0 Å². The maximum absolute atomic E-state index is 11.4. The zero-order valence-corrected chi connectivity index (χ0v) is 10.6. The number of hydrogen-bond acceptors (Lipinski definition) is 4. The van der Waals surface area contributed by atoms with Gasteiger partial charge in [0.1, 0.15) is 0 Å². The highest BCUT2D eigenvalue weighted by Crippen LogP contribution is 2.35. The predicted octanol–water partition coefficient (Wildman–Crippen LogP) is 2.53. The SMILES string of the molecule is Cc1ccccc1[C@@H](C[N+](=O)[O-])C1=C(O)C(=O)CC1. The number of aliphatic hydroxyl groups is 1. The van der Waals surface area contributed by atoms with Crippen molar-refractivity contribution >= 4 is 5.78 Å². The van der Waals surface area contributed by atoms with E-state index < -0.39 is 10.8 Å². The van der Waals surface area contributed by atoms with E-state index in [0.717, 1.165) is 11.1 Å². The summed E-state index contributed by atoms with van der Waals surface area (Å²) >= 11 is 0. The van der Waals surface area contributed by atoms with Crippen LogP contribution in [0.1, 0.15) is 29.9 Å². The molecule has 0 aliphatic heterocycles. The molecule has 0 radical (unpaired) electrons. The van der Waals surface area contributed by atoms with Crippen molar-refractivity contribution in [3.63, 3.8) is 0 Å². The van der Waals surface area contributed by atoms with Crippen LogP contribution in [0.5, 0.6) is 0 Å². The van der Waals surface area contributed by atoms with Crippen LogP contribution < -0.4 is 0 Å². The Bertz CT molecular complexity index is 562. The molecule has 0 saturated carbocycles. The van der Waals surface area contributed by atoms with Crippen molar-refractivity contribution in [2.24, 2.45) is 0 Å². The summed E-state index contributed by atoms with van der Waals surface area (Å²) in [4.78, 5) is 21.9. The third-order valence-electron chi connectivity index (χ3n) is 3.51. The minimum absolute atomic E-state index is 0.237. The summed E-state index contributed by atoms with van der Waals surface area (Å²) in [7, 11) is 0. The van der Waals surface area contributed by atoms with Crippen LogP contribution in [0.2, 0.25) is 0 Å². The van der Waals surface area contributed by atoms with Gasteiger partial charge in [-0.2, -0.15) is 0 Å². The molecular formula is C14H15NO4. The molecule has 1 N–H and O–H groups in total. The van der Waals surface area contributed by atoms with E-state index >= 15 is 0 Å². The molecule has 100 valence electrons. The summed E-state index contributed by atoms with van der Waals surface area (Å²) in [5, 5.41) is 20.7. The molecule has 5 nitrogen and oxygen atoms in total. The highest BCUT2D eigenvalue weighted by atomic mass is 16.6. The Labute approximate surface area is 110 Å². The first-order valence-electron chi connectivity index (χ1n) is 6.13. The van der Waals surface area contributed by atoms with Gasteiger partial charge in [0.05, 0.1) is 5.92 Å². The number of hydrogen-bond donors (Lipinski definition) is 1. The number of nitro groups is 1. The van der Waals surface area contributed by atoms with Gasteiger partial charge in [0, 0.05) is 11.3 Å². The fraction of sp³-hybridized carbons (Fsp3) is 0.357. The maximum atomic E-state index is 11.4. The zero-order chi connectivity index (χ0) is 14.0. The fourth-order valence-electron chi connectivity index (χ4n) is 2.53. The summed E-state index contributed by atoms with van der Waals surface area (Å²) in [5.41, 5.74) is 2.22. The van der Waals surface area contributed by atoms with Crippen molar-refractivity contribution in [2.75, 3.05) is 6.54 Å². The zero-order valence-electron chi connectivity index (χ0n) is 10.6. The molecule has 0 bridgehead atoms. The van der Waals surface area contributed by atoms with Crippen LogP contribution in [0.25, 0.3) is 0 Å². The number of aryl methyl sites for hydroxylation is 1. The largest absolute Gasteiger partial charge is 0.504 e. The van der Waals surface area contributed by atoms with Gasteiger partial charge in [-0.3, -0.25) is 14.9 Å². The summed E-state index contributed by atoms with van der Waals surface area (Å²) in [5.74, 6) is -1.13. The van der Waals surface area contributed by atoms with Crippen molar-refractivity contribution in [1.82, 2.24) is 0 Å². The minimum atomic E-state index is -0.525. The van der Waals surface area contributed by atoms with Gasteiger partial charge in [-0.25, -0.2) is 0 Å². The molecule has 1 aromatic carbocycles. The molecule has 1 aliphatic carbocycles. The van der Waals surface area contributed by atoms with E-state index in [1.807, 2.05) is 31.2 Å². The third-order valence-corrected chi connectivity index (χ3v) is 3.51. The lowest BCUT2D eigenvalue weighted by Crippen LogP contribution is -2.16. The van der Waals surface area contributed by atoms with E-state index in [4.69, 9.17) is 0 Å². The molecule has 1 aliphatic rings. The van der Waals surface area contributed by atoms with Gasteiger partial charge < -0.3 is 5.11 Å². The molecule has 1 aromatic rings. The third kappa shape index (κ3) is 2.65. The van der Waals surface area contributed by atoms with Gasteiger partial charge in [0.2, 0.25) is 6.54 Å². The molecule has 2 rings (SSSR count). The van der Waals surface area contributed by atoms with Crippen LogP contribution in [0.3, 0.4) is 0 Å². The van der Waals surface area contributed by atoms with Crippen molar-refractivity contribution < 1.29 is 14.8 Å². The van der Waals surface area contributed by atoms with E-state index in [0.29, 0.717) is 12.0 Å². The highest BCUT2D eigenvalue weighted by molar-refractivity contribution is 5.96. The number of nitrogens with zero attached hydrogens (tertiary/aromatic N) is 1. The van der Waals surface area contributed by atoms with Gasteiger partial charge >= 0.3 is 0 Å². The molecule has 0 saturated heterocycles. The standard InChI is InChI=1S/C14H15NO4/c1-9-4-2-3-5-10(9)12(8-15(18)19)11-6-7-13(16)14(11)17/h2-5,12,17H,6-8H2,1H3/t12-/m1/s1. The molecule has 0 heterocycles. The molecular weight excluding hydrogens is 246 g/mol. The topological polar surface area (TPSA) is 80.4 Å². The number of ketones is 1. The predicted molar refractivity (Wildman–Crippen MR) is 69.7 cm³/mol. The van der Waals surface area contributed by atoms with E-state index in [1.54, 1.807) is 0 Å². The number of rotatable bonds is 4. The lowest BCUT2D eigenvalue weighted by Gasteiger charge is -2.17. The number of Topliss-reactive ketones (excluding diaryl/α,β-unsaturated/α-hetero) is 1. The Kier molecular flexibility index (Phi) is 3.64. The Morgan fingerprint density at radius 3 is 2.58 bits per heavy atom. The molecule has 0 unspecified atom stereocenters. The Morgan fingerprint density at radius 2 is 2.05 bits per heavy atom. The number of carbonyl (C=O) groups excluding carboxylic acids is 1. The van der Waals surface area contributed by atoms with Crippen LogP contribution in [0.4, 0.5) is 0 Å². The fourth-order valence-corrected chi connectivity index (χ4v) is 2.53. The van der Waals surface area contributed by atoms with Gasteiger partial charge in [0.15, 0.2) is 11.5 Å². The lowest BCUT2D eigenvalue weighted by atomic mass is 9.87. The smallest absolute Gasteiger partial charge is 0.214 e. The van der Waals surface area contributed by atoms with E-state index in [-0.39, 0.29) is 24.5 Å². The summed E-state index contributed by atoms with van der Waals surface area (Å²) in [6.45, 7) is 1.56. The quantitative estimate of drug-likeness (QED) is 0.667. The van der Waals surface area contributed by atoms with E-state index in [2.05, 4.69) is 0 Å². The number of aliphatic hydroxyl groups excluding tert-OH is 1. The maximum Gasteiger partial charge on any atom is 0.214 e. The second-order valence-corrected chi connectivity index (χ2v) is 4.72. The minimum Gasteiger partial charge on any atom is -0.504 e. The molecule has 1 atom stereocenters. The molecule has 0 aromatic heterocycles. The van der Waals surface area contributed by atoms with Crippen LogP contribution in [0.15, 0.2) is 35.6 Å². The van der Waals surface area contributed by atoms with Crippen molar-refractivity contribution in [3.8, 4) is 0 Å². The average molecular weight is 261 g/mol. The number of allylic oxidation sites excluding steroid dienone is 1. The molecule has 19 heavy (non-hydrogen) atoms. The van der Waals surface area contributed by atoms with Gasteiger partial charge in [-0.05, 0) is 30.0 Å². The molecule has 0 amide bonds. The Morgan fingerprint density at radius 1 is 1.37 bits per heavy atom. The van der Waals surface area contributed by atoms with Crippen LogP contribution in [0, 0.1) is 17.0 Å². The lowest BCUT2D eigenvalue weighted by molar-refractivity contribution is -0.482. The normalized spacial score (nSPS) is 16.8. The summed E-state index contributed by atoms with van der Waals surface area (Å²) in [6.07, 6.45) is 0.638. The van der Waals surface area contributed by atoms with Crippen LogP contribution in [-0.4, -0.2) is 22.4 Å². The first kappa shape index (κ1) is 13.3. The van der Waals surface area contributed by atoms with Gasteiger partial charge in [-0.1, -0.05) is 24.3 Å². The summed E-state index contributed by atoms with van der Waals surface area (Å²) in [6, 6.07) is 7.35. The van der Waals surface area contributed by atoms with Gasteiger partial charge in [-0.15, -0.1) is 0 Å². The monoisotopic (exact) mass is 261 g/mol. The van der Waals surface area contributed by atoms with Crippen molar-refractivity contribution in [2.45, 2.75) is 25.7 Å². The Hall–Kier alpha value is -2.17. The van der Waals surface area contributed by atoms with E-state index in [9.17, 15) is 20.0 Å².